The smallest absolute Gasteiger partial charge is 0.277 e. The second kappa shape index (κ2) is 9.78. The molecule has 1 N–H and O–H groups in total. The van der Waals surface area contributed by atoms with Crippen LogP contribution in [0.1, 0.15) is 43.4 Å². The summed E-state index contributed by atoms with van der Waals surface area (Å²) in [5.41, 5.74) is 6.16. The maximum absolute atomic E-state index is 12.2. The van der Waals surface area contributed by atoms with Crippen molar-refractivity contribution in [2.75, 3.05) is 20.8 Å². The number of carbonyl (C=O) groups excluding carboxylic acids is 1. The maximum atomic E-state index is 12.2. The summed E-state index contributed by atoms with van der Waals surface area (Å²) in [5.74, 6) is 1.95. The zero-order valence-electron chi connectivity index (χ0n) is 17.3. The fourth-order valence-corrected chi connectivity index (χ4v) is 2.69. The monoisotopic (exact) mass is 384 g/mol. The van der Waals surface area contributed by atoms with Gasteiger partial charge in [-0.1, -0.05) is 26.0 Å². The molecule has 2 aromatic rings. The van der Waals surface area contributed by atoms with Crippen molar-refractivity contribution >= 4 is 11.6 Å². The minimum Gasteiger partial charge on any atom is -0.493 e. The summed E-state index contributed by atoms with van der Waals surface area (Å²) >= 11 is 0. The third-order valence-electron chi connectivity index (χ3n) is 4.30. The van der Waals surface area contributed by atoms with Gasteiger partial charge in [0.15, 0.2) is 18.1 Å². The molecule has 0 aliphatic carbocycles. The fraction of sp³-hybridized carbons (Fsp3) is 0.364. The maximum Gasteiger partial charge on any atom is 0.277 e. The van der Waals surface area contributed by atoms with Gasteiger partial charge >= 0.3 is 0 Å². The van der Waals surface area contributed by atoms with Gasteiger partial charge in [-0.15, -0.1) is 0 Å². The standard InChI is InChI=1S/C22H28N2O4/c1-14(2)18-9-7-15(3)11-20(18)28-13-22(25)24-23-16(4)17-8-10-19(26-5)21(12-17)27-6/h7-12,14H,13H2,1-6H3,(H,24,25)/b23-16-. The molecule has 6 nitrogen and oxygen atoms in total. The van der Waals surface area contributed by atoms with E-state index in [2.05, 4.69) is 24.4 Å². The molecule has 0 bridgehead atoms. The van der Waals surface area contributed by atoms with Crippen molar-refractivity contribution in [1.29, 1.82) is 0 Å². The Kier molecular flexibility index (Phi) is 7.44. The Morgan fingerprint density at radius 2 is 1.75 bits per heavy atom. The molecule has 6 heteroatoms. The topological polar surface area (TPSA) is 69.2 Å². The molecule has 0 fully saturated rings. The van der Waals surface area contributed by atoms with Crippen molar-refractivity contribution in [2.45, 2.75) is 33.6 Å². The molecule has 0 atom stereocenters. The van der Waals surface area contributed by atoms with Gasteiger partial charge < -0.3 is 14.2 Å². The Morgan fingerprint density at radius 3 is 2.39 bits per heavy atom. The summed E-state index contributed by atoms with van der Waals surface area (Å²) in [4.78, 5) is 12.2. The van der Waals surface area contributed by atoms with Crippen LogP contribution in [-0.4, -0.2) is 32.4 Å². The third kappa shape index (κ3) is 5.49. The summed E-state index contributed by atoms with van der Waals surface area (Å²) in [6, 6.07) is 11.5. The number of benzene rings is 2. The first-order valence-corrected chi connectivity index (χ1v) is 9.14. The minimum absolute atomic E-state index is 0.105. The van der Waals surface area contributed by atoms with Gasteiger partial charge in [0.05, 0.1) is 19.9 Å². The van der Waals surface area contributed by atoms with E-state index in [1.807, 2.05) is 37.3 Å². The predicted molar refractivity (Wildman–Crippen MR) is 111 cm³/mol. The molecular weight excluding hydrogens is 356 g/mol. The number of rotatable bonds is 8. The first-order chi connectivity index (χ1) is 13.3. The lowest BCUT2D eigenvalue weighted by Gasteiger charge is -2.14. The highest BCUT2D eigenvalue weighted by Crippen LogP contribution is 2.28. The summed E-state index contributed by atoms with van der Waals surface area (Å²) in [6.45, 7) is 7.88. The first-order valence-electron chi connectivity index (χ1n) is 9.14. The molecule has 0 aromatic heterocycles. The van der Waals surface area contributed by atoms with Crippen LogP contribution in [0.25, 0.3) is 0 Å². The Morgan fingerprint density at radius 1 is 1.04 bits per heavy atom. The van der Waals surface area contributed by atoms with Gasteiger partial charge in [-0.2, -0.15) is 5.10 Å². The molecule has 0 aliphatic rings. The van der Waals surface area contributed by atoms with E-state index in [1.165, 1.54) is 0 Å². The number of nitrogens with zero attached hydrogens (tertiary/aromatic N) is 1. The van der Waals surface area contributed by atoms with E-state index >= 15 is 0 Å². The highest BCUT2D eigenvalue weighted by molar-refractivity contribution is 5.99. The van der Waals surface area contributed by atoms with Crippen molar-refractivity contribution in [3.63, 3.8) is 0 Å². The van der Waals surface area contributed by atoms with Crippen molar-refractivity contribution in [1.82, 2.24) is 5.43 Å². The van der Waals surface area contributed by atoms with Gasteiger partial charge in [0.25, 0.3) is 5.91 Å². The highest BCUT2D eigenvalue weighted by atomic mass is 16.5. The number of nitrogens with one attached hydrogen (secondary N) is 1. The van der Waals surface area contributed by atoms with Gasteiger partial charge in [0, 0.05) is 5.56 Å². The Hall–Kier alpha value is -3.02. The average Bonchev–Trinajstić information content (AvgIpc) is 2.69. The third-order valence-corrected chi connectivity index (χ3v) is 4.30. The van der Waals surface area contributed by atoms with Crippen LogP contribution in [0.5, 0.6) is 17.2 Å². The molecule has 0 spiro atoms. The molecule has 2 rings (SSSR count). The Balaban J connectivity index is 2.01. The molecule has 0 radical (unpaired) electrons. The normalized spacial score (nSPS) is 11.3. The number of hydrogen-bond acceptors (Lipinski definition) is 5. The lowest BCUT2D eigenvalue weighted by molar-refractivity contribution is -0.123. The van der Waals surface area contributed by atoms with Crippen molar-refractivity contribution in [3.8, 4) is 17.2 Å². The predicted octanol–water partition coefficient (Wildman–Crippen LogP) is 4.05. The second-order valence-corrected chi connectivity index (χ2v) is 6.79. The molecule has 0 saturated carbocycles. The largest absolute Gasteiger partial charge is 0.493 e. The number of methoxy groups -OCH3 is 2. The summed E-state index contributed by atoms with van der Waals surface area (Å²) in [7, 11) is 3.15. The number of hydrazone groups is 1. The molecule has 28 heavy (non-hydrogen) atoms. The number of ether oxygens (including phenoxy) is 3. The van der Waals surface area contributed by atoms with Gasteiger partial charge in [-0.3, -0.25) is 4.79 Å². The molecule has 1 amide bonds. The number of amides is 1. The summed E-state index contributed by atoms with van der Waals surface area (Å²) in [5, 5.41) is 4.15. The highest BCUT2D eigenvalue weighted by Gasteiger charge is 2.11. The zero-order valence-corrected chi connectivity index (χ0v) is 17.3. The molecule has 0 heterocycles. The van der Waals surface area contributed by atoms with Crippen LogP contribution in [0, 0.1) is 6.92 Å². The Bertz CT molecular complexity index is 860. The van der Waals surface area contributed by atoms with Crippen LogP contribution in [0.2, 0.25) is 0 Å². The molecule has 2 aromatic carbocycles. The van der Waals surface area contributed by atoms with Crippen LogP contribution in [-0.2, 0) is 4.79 Å². The van der Waals surface area contributed by atoms with E-state index in [-0.39, 0.29) is 12.5 Å². The first kappa shape index (κ1) is 21.3. The molecule has 0 saturated heterocycles. The zero-order chi connectivity index (χ0) is 20.7. The number of carbonyl (C=O) groups is 1. The van der Waals surface area contributed by atoms with E-state index < -0.39 is 0 Å². The van der Waals surface area contributed by atoms with E-state index in [0.29, 0.717) is 23.1 Å². The molecule has 150 valence electrons. The van der Waals surface area contributed by atoms with Crippen molar-refractivity contribution in [2.24, 2.45) is 5.10 Å². The van der Waals surface area contributed by atoms with Gasteiger partial charge in [0.1, 0.15) is 5.75 Å². The lowest BCUT2D eigenvalue weighted by Crippen LogP contribution is -2.26. The summed E-state index contributed by atoms with van der Waals surface area (Å²) < 4.78 is 16.2. The van der Waals surface area contributed by atoms with Crippen molar-refractivity contribution in [3.05, 3.63) is 53.1 Å². The van der Waals surface area contributed by atoms with E-state index in [4.69, 9.17) is 14.2 Å². The van der Waals surface area contributed by atoms with E-state index in [1.54, 1.807) is 27.2 Å². The van der Waals surface area contributed by atoms with Gasteiger partial charge in [-0.05, 0) is 55.2 Å². The average molecular weight is 384 g/mol. The quantitative estimate of drug-likeness (QED) is 0.551. The van der Waals surface area contributed by atoms with Gasteiger partial charge in [-0.25, -0.2) is 5.43 Å². The van der Waals surface area contributed by atoms with Crippen LogP contribution in [0.3, 0.4) is 0 Å². The minimum atomic E-state index is -0.323. The molecule has 0 unspecified atom stereocenters. The number of hydrogen-bond donors (Lipinski definition) is 1. The fourth-order valence-electron chi connectivity index (χ4n) is 2.69. The van der Waals surface area contributed by atoms with Crippen LogP contribution in [0.4, 0.5) is 0 Å². The van der Waals surface area contributed by atoms with E-state index in [0.717, 1.165) is 22.4 Å². The molecular formula is C22H28N2O4. The number of aryl methyl sites for hydroxylation is 1. The lowest BCUT2D eigenvalue weighted by atomic mass is 10.0. The summed E-state index contributed by atoms with van der Waals surface area (Å²) in [6.07, 6.45) is 0. The van der Waals surface area contributed by atoms with E-state index in [9.17, 15) is 4.79 Å². The molecule has 0 aliphatic heterocycles. The van der Waals surface area contributed by atoms with Crippen LogP contribution >= 0.6 is 0 Å². The van der Waals surface area contributed by atoms with Crippen molar-refractivity contribution < 1.29 is 19.0 Å². The Labute approximate surface area is 166 Å². The van der Waals surface area contributed by atoms with Crippen LogP contribution < -0.4 is 19.6 Å². The second-order valence-electron chi connectivity index (χ2n) is 6.79. The van der Waals surface area contributed by atoms with Crippen LogP contribution in [0.15, 0.2) is 41.5 Å². The SMILES string of the molecule is COc1ccc(/C(C)=N\NC(=O)COc2cc(C)ccc2C(C)C)cc1OC. The van der Waals surface area contributed by atoms with Gasteiger partial charge in [0.2, 0.25) is 0 Å².